The average molecular weight is 250 g/mol. The fourth-order valence-corrected chi connectivity index (χ4v) is 2.80. The highest BCUT2D eigenvalue weighted by Crippen LogP contribution is 2.18. The Morgan fingerprint density at radius 3 is 3.06 bits per heavy atom. The van der Waals surface area contributed by atoms with Crippen LogP contribution in [0.4, 0.5) is 0 Å². The van der Waals surface area contributed by atoms with Crippen molar-refractivity contribution >= 4 is 0 Å². The number of hydrogen-bond donors (Lipinski definition) is 1. The van der Waals surface area contributed by atoms with Gasteiger partial charge in [-0.3, -0.25) is 0 Å². The zero-order valence-electron chi connectivity index (χ0n) is 11.7. The van der Waals surface area contributed by atoms with Crippen LogP contribution < -0.4 is 5.32 Å². The van der Waals surface area contributed by atoms with Gasteiger partial charge in [0, 0.05) is 25.0 Å². The second kappa shape index (κ2) is 6.95. The number of rotatable bonds is 6. The summed E-state index contributed by atoms with van der Waals surface area (Å²) >= 11 is 0. The van der Waals surface area contributed by atoms with Gasteiger partial charge in [0.05, 0.1) is 6.26 Å². The van der Waals surface area contributed by atoms with Gasteiger partial charge in [0.15, 0.2) is 0 Å². The smallest absolute Gasteiger partial charge is 0.105 e. The third-order valence-electron chi connectivity index (χ3n) is 3.92. The largest absolute Gasteiger partial charge is 0.469 e. The minimum Gasteiger partial charge on any atom is -0.469 e. The van der Waals surface area contributed by atoms with Crippen LogP contribution in [0.15, 0.2) is 22.8 Å². The summed E-state index contributed by atoms with van der Waals surface area (Å²) in [5.74, 6) is 1.11. The van der Waals surface area contributed by atoms with Gasteiger partial charge >= 0.3 is 0 Å². The molecule has 1 fully saturated rings. The second-order valence-electron chi connectivity index (χ2n) is 5.39. The molecule has 1 saturated heterocycles. The van der Waals surface area contributed by atoms with Crippen LogP contribution in [0, 0.1) is 0 Å². The van der Waals surface area contributed by atoms with Crippen molar-refractivity contribution in [2.24, 2.45) is 0 Å². The summed E-state index contributed by atoms with van der Waals surface area (Å²) in [5.41, 5.74) is 0. The third-order valence-corrected chi connectivity index (χ3v) is 3.92. The van der Waals surface area contributed by atoms with Crippen molar-refractivity contribution < 1.29 is 4.42 Å². The first-order chi connectivity index (χ1) is 8.79. The maximum absolute atomic E-state index is 5.40. The molecule has 18 heavy (non-hydrogen) atoms. The number of furan rings is 1. The lowest BCUT2D eigenvalue weighted by Crippen LogP contribution is -2.48. The summed E-state index contributed by atoms with van der Waals surface area (Å²) in [6, 6.07) is 5.45. The van der Waals surface area contributed by atoms with E-state index in [0.29, 0.717) is 6.04 Å². The zero-order chi connectivity index (χ0) is 12.8. The van der Waals surface area contributed by atoms with Crippen molar-refractivity contribution in [3.8, 4) is 0 Å². The Labute approximate surface area is 111 Å². The van der Waals surface area contributed by atoms with Crippen LogP contribution in [0.2, 0.25) is 0 Å². The van der Waals surface area contributed by atoms with Crippen LogP contribution in [0.3, 0.4) is 0 Å². The first-order valence-electron chi connectivity index (χ1n) is 7.29. The van der Waals surface area contributed by atoms with E-state index in [1.807, 2.05) is 6.07 Å². The molecule has 1 aromatic rings. The summed E-state index contributed by atoms with van der Waals surface area (Å²) in [4.78, 5) is 2.59. The lowest BCUT2D eigenvalue weighted by atomic mass is 9.98. The van der Waals surface area contributed by atoms with E-state index in [1.54, 1.807) is 6.26 Å². The number of piperidine rings is 1. The van der Waals surface area contributed by atoms with Crippen molar-refractivity contribution in [2.45, 2.75) is 51.6 Å². The van der Waals surface area contributed by atoms with Gasteiger partial charge in [0.2, 0.25) is 0 Å². The zero-order valence-corrected chi connectivity index (χ0v) is 11.7. The molecule has 2 heterocycles. The molecule has 2 unspecified atom stereocenters. The van der Waals surface area contributed by atoms with Crippen molar-refractivity contribution in [3.05, 3.63) is 24.2 Å². The molecule has 0 saturated carbocycles. The second-order valence-corrected chi connectivity index (χ2v) is 5.39. The average Bonchev–Trinajstić information content (AvgIpc) is 2.88. The van der Waals surface area contributed by atoms with E-state index in [0.717, 1.165) is 31.3 Å². The first-order valence-corrected chi connectivity index (χ1v) is 7.29. The number of likely N-dealkylation sites (tertiary alicyclic amines) is 1. The number of hydrogen-bond acceptors (Lipinski definition) is 3. The van der Waals surface area contributed by atoms with E-state index in [1.165, 1.54) is 25.8 Å². The van der Waals surface area contributed by atoms with Gasteiger partial charge in [-0.05, 0) is 51.4 Å². The molecule has 1 N–H and O–H groups in total. The maximum Gasteiger partial charge on any atom is 0.105 e. The molecule has 102 valence electrons. The molecule has 1 aromatic heterocycles. The molecule has 0 amide bonds. The minimum atomic E-state index is 0.683. The van der Waals surface area contributed by atoms with Crippen LogP contribution in [0.1, 0.15) is 38.9 Å². The normalized spacial score (nSPS) is 25.4. The molecule has 2 atom stereocenters. The molecule has 0 spiro atoms. The lowest BCUT2D eigenvalue weighted by Gasteiger charge is -2.38. The first kappa shape index (κ1) is 13.6. The summed E-state index contributed by atoms with van der Waals surface area (Å²) in [7, 11) is 0. The van der Waals surface area contributed by atoms with Crippen molar-refractivity contribution in [1.29, 1.82) is 0 Å². The molecule has 2 rings (SSSR count). The quantitative estimate of drug-likeness (QED) is 0.841. The Hall–Kier alpha value is -0.800. The molecular weight excluding hydrogens is 224 g/mol. The van der Waals surface area contributed by atoms with Gasteiger partial charge in [-0.1, -0.05) is 6.92 Å². The SMILES string of the molecule is CCCNC1CCN(CCc2ccco2)C(C)C1. The van der Waals surface area contributed by atoms with Gasteiger partial charge in [-0.25, -0.2) is 0 Å². The number of nitrogens with one attached hydrogen (secondary N) is 1. The summed E-state index contributed by atoms with van der Waals surface area (Å²) in [6.07, 6.45) is 6.58. The van der Waals surface area contributed by atoms with Crippen LogP contribution in [-0.2, 0) is 6.42 Å². The Kier molecular flexibility index (Phi) is 5.26. The molecule has 0 aliphatic carbocycles. The molecule has 0 aromatic carbocycles. The predicted molar refractivity (Wildman–Crippen MR) is 74.8 cm³/mol. The van der Waals surface area contributed by atoms with E-state index >= 15 is 0 Å². The Bertz CT molecular complexity index is 323. The minimum absolute atomic E-state index is 0.683. The third kappa shape index (κ3) is 3.85. The number of nitrogens with zero attached hydrogens (tertiary/aromatic N) is 1. The summed E-state index contributed by atoms with van der Waals surface area (Å²) in [6.45, 7) is 8.07. The van der Waals surface area contributed by atoms with E-state index in [4.69, 9.17) is 4.42 Å². The molecular formula is C15H26N2O. The van der Waals surface area contributed by atoms with Crippen LogP contribution in [-0.4, -0.2) is 36.6 Å². The van der Waals surface area contributed by atoms with Crippen LogP contribution >= 0.6 is 0 Å². The highest BCUT2D eigenvalue weighted by atomic mass is 16.3. The molecule has 0 bridgehead atoms. The van der Waals surface area contributed by atoms with Crippen molar-refractivity contribution in [3.63, 3.8) is 0 Å². The molecule has 1 aliphatic rings. The van der Waals surface area contributed by atoms with E-state index in [-0.39, 0.29) is 0 Å². The van der Waals surface area contributed by atoms with Gasteiger partial charge in [-0.15, -0.1) is 0 Å². The van der Waals surface area contributed by atoms with E-state index in [2.05, 4.69) is 30.1 Å². The molecule has 3 nitrogen and oxygen atoms in total. The van der Waals surface area contributed by atoms with E-state index < -0.39 is 0 Å². The standard InChI is InChI=1S/C15H26N2O/c1-3-8-16-14-6-9-17(13(2)12-14)10-7-15-5-4-11-18-15/h4-5,11,13-14,16H,3,6-10,12H2,1-2H3. The predicted octanol–water partition coefficient (Wildman–Crippen LogP) is 2.67. The van der Waals surface area contributed by atoms with Gasteiger partial charge < -0.3 is 14.6 Å². The fraction of sp³-hybridized carbons (Fsp3) is 0.733. The Morgan fingerprint density at radius 1 is 1.50 bits per heavy atom. The van der Waals surface area contributed by atoms with Gasteiger partial charge in [0.25, 0.3) is 0 Å². The van der Waals surface area contributed by atoms with Crippen molar-refractivity contribution in [1.82, 2.24) is 10.2 Å². The highest BCUT2D eigenvalue weighted by Gasteiger charge is 2.24. The monoisotopic (exact) mass is 250 g/mol. The van der Waals surface area contributed by atoms with E-state index in [9.17, 15) is 0 Å². The highest BCUT2D eigenvalue weighted by molar-refractivity contribution is 4.99. The van der Waals surface area contributed by atoms with Crippen LogP contribution in [0.5, 0.6) is 0 Å². The molecule has 0 radical (unpaired) electrons. The van der Waals surface area contributed by atoms with Gasteiger partial charge in [0.1, 0.15) is 5.76 Å². The van der Waals surface area contributed by atoms with Crippen LogP contribution in [0.25, 0.3) is 0 Å². The maximum atomic E-state index is 5.40. The lowest BCUT2D eigenvalue weighted by molar-refractivity contribution is 0.136. The molecule has 1 aliphatic heterocycles. The summed E-state index contributed by atoms with van der Waals surface area (Å²) in [5, 5.41) is 3.65. The van der Waals surface area contributed by atoms with Crippen molar-refractivity contribution in [2.75, 3.05) is 19.6 Å². The summed E-state index contributed by atoms with van der Waals surface area (Å²) < 4.78 is 5.40. The Balaban J connectivity index is 1.72. The topological polar surface area (TPSA) is 28.4 Å². The Morgan fingerprint density at radius 2 is 2.39 bits per heavy atom. The fourth-order valence-electron chi connectivity index (χ4n) is 2.80. The van der Waals surface area contributed by atoms with Gasteiger partial charge in [-0.2, -0.15) is 0 Å². The molecule has 3 heteroatoms.